The zero-order chi connectivity index (χ0) is 25.0. The molecular formula is C26H36N4O4. The van der Waals surface area contributed by atoms with Gasteiger partial charge < -0.3 is 21.1 Å². The number of nitrogens with one attached hydrogen (secondary N) is 2. The summed E-state index contributed by atoms with van der Waals surface area (Å²) in [6, 6.07) is 8.44. The van der Waals surface area contributed by atoms with E-state index in [-0.39, 0.29) is 18.7 Å². The lowest BCUT2D eigenvalue weighted by molar-refractivity contribution is -0.128. The smallest absolute Gasteiger partial charge is 0.249 e. The van der Waals surface area contributed by atoms with E-state index >= 15 is 0 Å². The molecule has 184 valence electrons. The van der Waals surface area contributed by atoms with Gasteiger partial charge in [0.25, 0.3) is 0 Å². The number of ether oxygens (including phenoxy) is 1. The van der Waals surface area contributed by atoms with E-state index in [2.05, 4.69) is 16.6 Å². The van der Waals surface area contributed by atoms with Gasteiger partial charge in [0.1, 0.15) is 5.75 Å². The Morgan fingerprint density at radius 1 is 1.00 bits per heavy atom. The fraction of sp³-hybridized carbons (Fsp3) is 0.538. The van der Waals surface area contributed by atoms with Crippen LogP contribution in [0.3, 0.4) is 0 Å². The van der Waals surface area contributed by atoms with E-state index in [0.29, 0.717) is 24.5 Å². The molecule has 1 unspecified atom stereocenters. The normalized spacial score (nSPS) is 11.0. The number of benzene rings is 1. The van der Waals surface area contributed by atoms with Crippen LogP contribution in [0.15, 0.2) is 24.3 Å². The molecule has 0 aliphatic rings. The molecule has 0 fully saturated rings. The highest BCUT2D eigenvalue weighted by Crippen LogP contribution is 2.17. The average Bonchev–Trinajstić information content (AvgIpc) is 2.83. The Kier molecular flexibility index (Phi) is 15.3. The predicted octanol–water partition coefficient (Wildman–Crippen LogP) is 3.32. The molecule has 1 aromatic carbocycles. The van der Waals surface area contributed by atoms with E-state index in [1.54, 1.807) is 30.3 Å². The third-order valence-corrected chi connectivity index (χ3v) is 5.12. The molecule has 8 nitrogen and oxygen atoms in total. The van der Waals surface area contributed by atoms with Gasteiger partial charge in [-0.15, -0.1) is 12.3 Å². The van der Waals surface area contributed by atoms with Crippen LogP contribution in [-0.4, -0.2) is 37.3 Å². The van der Waals surface area contributed by atoms with Gasteiger partial charge in [0.05, 0.1) is 12.7 Å². The summed E-state index contributed by atoms with van der Waals surface area (Å²) in [5.41, 5.74) is 5.92. The molecule has 0 aliphatic heterocycles. The Morgan fingerprint density at radius 3 is 2.38 bits per heavy atom. The van der Waals surface area contributed by atoms with Gasteiger partial charge in [0, 0.05) is 31.5 Å². The number of hydrogen-bond donors (Lipinski definition) is 3. The van der Waals surface area contributed by atoms with Crippen molar-refractivity contribution >= 4 is 23.3 Å². The van der Waals surface area contributed by atoms with Crippen LogP contribution in [0.2, 0.25) is 0 Å². The SMILES string of the molecule is C#CCCC(=O)C(C#N)C(=O)Nc1ccc(OCCCCCC(=O)NCCCCCCN)cc1. The maximum absolute atomic E-state index is 12.2. The number of unbranched alkanes of at least 4 members (excludes halogenated alkanes) is 5. The monoisotopic (exact) mass is 468 g/mol. The van der Waals surface area contributed by atoms with Gasteiger partial charge in [-0.05, 0) is 62.9 Å². The highest BCUT2D eigenvalue weighted by atomic mass is 16.5. The molecule has 0 bridgehead atoms. The highest BCUT2D eigenvalue weighted by Gasteiger charge is 2.25. The summed E-state index contributed by atoms with van der Waals surface area (Å²) in [6.45, 7) is 1.97. The van der Waals surface area contributed by atoms with E-state index in [1.807, 2.05) is 0 Å². The van der Waals surface area contributed by atoms with Gasteiger partial charge in [-0.3, -0.25) is 14.4 Å². The quantitative estimate of drug-likeness (QED) is 0.172. The minimum absolute atomic E-state index is 0.00474. The molecule has 1 atom stereocenters. The number of carbonyl (C=O) groups excluding carboxylic acids is 3. The second kappa shape index (κ2) is 18.1. The van der Waals surface area contributed by atoms with Crippen LogP contribution in [0.25, 0.3) is 0 Å². The largest absolute Gasteiger partial charge is 0.494 e. The van der Waals surface area contributed by atoms with Crippen LogP contribution in [0, 0.1) is 29.6 Å². The second-order valence-electron chi connectivity index (χ2n) is 7.96. The summed E-state index contributed by atoms with van der Waals surface area (Å²) in [7, 11) is 0. The molecule has 0 saturated heterocycles. The first-order chi connectivity index (χ1) is 16.5. The maximum Gasteiger partial charge on any atom is 0.249 e. The van der Waals surface area contributed by atoms with Crippen molar-refractivity contribution in [3.8, 4) is 24.2 Å². The molecule has 34 heavy (non-hydrogen) atoms. The summed E-state index contributed by atoms with van der Waals surface area (Å²) in [6.07, 6.45) is 12.6. The van der Waals surface area contributed by atoms with Crippen molar-refractivity contribution in [2.24, 2.45) is 11.7 Å². The fourth-order valence-corrected chi connectivity index (χ4v) is 3.16. The van der Waals surface area contributed by atoms with Gasteiger partial charge in [-0.2, -0.15) is 5.26 Å². The van der Waals surface area contributed by atoms with Crippen molar-refractivity contribution in [3.05, 3.63) is 24.3 Å². The van der Waals surface area contributed by atoms with E-state index in [1.165, 1.54) is 0 Å². The van der Waals surface area contributed by atoms with Crippen molar-refractivity contribution in [1.29, 1.82) is 5.26 Å². The minimum atomic E-state index is -1.38. The Bertz CT molecular complexity index is 840. The molecule has 1 rings (SSSR count). The average molecular weight is 469 g/mol. The number of terminal acetylenes is 1. The molecule has 0 heterocycles. The van der Waals surface area contributed by atoms with Crippen LogP contribution in [0.4, 0.5) is 5.69 Å². The number of rotatable bonds is 18. The number of ketones is 1. The topological polar surface area (TPSA) is 134 Å². The van der Waals surface area contributed by atoms with Crippen molar-refractivity contribution in [2.75, 3.05) is 25.0 Å². The van der Waals surface area contributed by atoms with Crippen LogP contribution in [0.1, 0.15) is 64.2 Å². The van der Waals surface area contributed by atoms with Gasteiger partial charge >= 0.3 is 0 Å². The summed E-state index contributed by atoms with van der Waals surface area (Å²) in [5, 5.41) is 14.6. The second-order valence-corrected chi connectivity index (χ2v) is 7.96. The molecule has 2 amide bonds. The third kappa shape index (κ3) is 12.6. The summed E-state index contributed by atoms with van der Waals surface area (Å²) in [5.74, 6) is 0.514. The van der Waals surface area contributed by atoms with Crippen molar-refractivity contribution in [2.45, 2.75) is 64.2 Å². The van der Waals surface area contributed by atoms with Crippen LogP contribution < -0.4 is 21.1 Å². The zero-order valence-electron chi connectivity index (χ0n) is 19.8. The fourth-order valence-electron chi connectivity index (χ4n) is 3.16. The molecule has 0 aliphatic carbocycles. The number of nitrogens with two attached hydrogens (primary N) is 1. The molecule has 0 radical (unpaired) electrons. The zero-order valence-corrected chi connectivity index (χ0v) is 19.8. The van der Waals surface area contributed by atoms with Crippen molar-refractivity contribution in [1.82, 2.24) is 5.32 Å². The molecule has 8 heteroatoms. The van der Waals surface area contributed by atoms with E-state index in [9.17, 15) is 14.4 Å². The number of anilines is 1. The first-order valence-corrected chi connectivity index (χ1v) is 11.9. The number of hydrogen-bond acceptors (Lipinski definition) is 6. The molecule has 1 aromatic rings. The highest BCUT2D eigenvalue weighted by molar-refractivity contribution is 6.09. The van der Waals surface area contributed by atoms with Crippen molar-refractivity contribution < 1.29 is 19.1 Å². The first kappa shape index (κ1) is 28.7. The van der Waals surface area contributed by atoms with Crippen LogP contribution >= 0.6 is 0 Å². The van der Waals surface area contributed by atoms with Crippen LogP contribution in [-0.2, 0) is 14.4 Å². The number of carbonyl (C=O) groups is 3. The lowest BCUT2D eigenvalue weighted by atomic mass is 10.0. The third-order valence-electron chi connectivity index (χ3n) is 5.12. The summed E-state index contributed by atoms with van der Waals surface area (Å²) in [4.78, 5) is 35.9. The number of Topliss-reactive ketones (excluding diaryl/α,β-unsaturated/α-hetero) is 1. The first-order valence-electron chi connectivity index (χ1n) is 11.9. The maximum atomic E-state index is 12.2. The lowest BCUT2D eigenvalue weighted by Gasteiger charge is -2.10. The molecular weight excluding hydrogens is 432 g/mol. The molecule has 0 spiro atoms. The van der Waals surface area contributed by atoms with Crippen LogP contribution in [0.5, 0.6) is 5.75 Å². The number of amides is 2. The van der Waals surface area contributed by atoms with Gasteiger partial charge in [0.15, 0.2) is 11.7 Å². The number of nitrogens with zero attached hydrogens (tertiary/aromatic N) is 1. The van der Waals surface area contributed by atoms with Crippen molar-refractivity contribution in [3.63, 3.8) is 0 Å². The molecule has 0 aromatic heterocycles. The molecule has 0 saturated carbocycles. The van der Waals surface area contributed by atoms with E-state index in [0.717, 1.165) is 58.0 Å². The van der Waals surface area contributed by atoms with E-state index in [4.69, 9.17) is 22.2 Å². The summed E-state index contributed by atoms with van der Waals surface area (Å²) >= 11 is 0. The Balaban J connectivity index is 2.21. The molecule has 4 N–H and O–H groups in total. The minimum Gasteiger partial charge on any atom is -0.494 e. The summed E-state index contributed by atoms with van der Waals surface area (Å²) < 4.78 is 5.69. The Morgan fingerprint density at radius 2 is 1.71 bits per heavy atom. The Hall–Kier alpha value is -3.36. The van der Waals surface area contributed by atoms with E-state index < -0.39 is 17.6 Å². The Labute approximate surface area is 202 Å². The van der Waals surface area contributed by atoms with Gasteiger partial charge in [-0.1, -0.05) is 12.8 Å². The predicted molar refractivity (Wildman–Crippen MR) is 132 cm³/mol. The lowest BCUT2D eigenvalue weighted by Crippen LogP contribution is -2.28. The number of nitriles is 1. The van der Waals surface area contributed by atoms with Gasteiger partial charge in [-0.25, -0.2) is 0 Å². The standard InChI is InChI=1S/C26H36N4O4/c1-2-3-11-24(31)23(20-28)26(33)30-21-13-15-22(16-14-21)34-19-10-6-7-12-25(32)29-18-9-5-4-8-17-27/h1,13-16,23H,3-12,17-19,27H2,(H,29,32)(H,30,33). The van der Waals surface area contributed by atoms with Gasteiger partial charge in [0.2, 0.25) is 11.8 Å².